The van der Waals surface area contributed by atoms with Crippen LogP contribution in [0.4, 0.5) is 0 Å². The Morgan fingerprint density at radius 3 is 2.68 bits per heavy atom. The molecule has 0 fully saturated rings. The average molecular weight is 348 g/mol. The number of fused-ring (bicyclic) bond motifs is 1. The van der Waals surface area contributed by atoms with Crippen LogP contribution in [0, 0.1) is 13.8 Å². The highest BCUT2D eigenvalue weighted by atomic mass is 16.5. The second kappa shape index (κ2) is 8.18. The Labute approximate surface area is 144 Å². The van der Waals surface area contributed by atoms with Crippen LogP contribution >= 0.6 is 0 Å². The molecule has 0 saturated heterocycles. The molecule has 2 aromatic heterocycles. The normalized spacial score (nSPS) is 10.5. The molecule has 2 rings (SSSR count). The van der Waals surface area contributed by atoms with Crippen molar-refractivity contribution in [1.29, 1.82) is 0 Å². The lowest BCUT2D eigenvalue weighted by molar-refractivity contribution is -0.148. The van der Waals surface area contributed by atoms with E-state index in [0.29, 0.717) is 23.6 Å². The smallest absolute Gasteiger partial charge is 0.310 e. The molecule has 0 aliphatic heterocycles. The van der Waals surface area contributed by atoms with E-state index in [1.807, 2.05) is 0 Å². The van der Waals surface area contributed by atoms with Crippen LogP contribution in [0.1, 0.15) is 23.9 Å². The number of aryl methyl sites for hydroxylation is 2. The summed E-state index contributed by atoms with van der Waals surface area (Å²) < 4.78 is 6.48. The quantitative estimate of drug-likeness (QED) is 0.619. The maximum Gasteiger partial charge on any atom is 0.310 e. The highest BCUT2D eigenvalue weighted by Gasteiger charge is 2.16. The van der Waals surface area contributed by atoms with Crippen molar-refractivity contribution < 1.29 is 19.1 Å². The number of carbonyl (C=O) groups is 3. The minimum atomic E-state index is -0.569. The van der Waals surface area contributed by atoms with E-state index in [1.54, 1.807) is 20.8 Å². The molecule has 2 N–H and O–H groups in total. The van der Waals surface area contributed by atoms with Gasteiger partial charge in [-0.2, -0.15) is 10.1 Å². The molecule has 10 heteroatoms. The summed E-state index contributed by atoms with van der Waals surface area (Å²) in [5, 5.41) is 8.95. The zero-order valence-corrected chi connectivity index (χ0v) is 14.3. The van der Waals surface area contributed by atoms with Gasteiger partial charge < -0.3 is 15.4 Å². The van der Waals surface area contributed by atoms with Crippen LogP contribution in [0.25, 0.3) is 5.78 Å². The van der Waals surface area contributed by atoms with Gasteiger partial charge in [0.25, 0.3) is 11.7 Å². The molecule has 0 radical (unpaired) electrons. The summed E-state index contributed by atoms with van der Waals surface area (Å²) in [6.07, 6.45) is 1.35. The second-order valence-electron chi connectivity index (χ2n) is 5.30. The number of aromatic nitrogens is 4. The third-order valence-electron chi connectivity index (χ3n) is 3.49. The van der Waals surface area contributed by atoms with E-state index < -0.39 is 18.5 Å². The van der Waals surface area contributed by atoms with Gasteiger partial charge in [-0.25, -0.2) is 9.50 Å². The van der Waals surface area contributed by atoms with Crippen molar-refractivity contribution in [2.75, 3.05) is 19.7 Å². The van der Waals surface area contributed by atoms with Gasteiger partial charge in [0.05, 0.1) is 13.0 Å². The number of ether oxygens (including phenoxy) is 1. The lowest BCUT2D eigenvalue weighted by Gasteiger charge is -2.10. The molecule has 0 aliphatic carbocycles. The molecule has 0 atom stereocenters. The Balaban J connectivity index is 1.88. The van der Waals surface area contributed by atoms with E-state index >= 15 is 0 Å². The zero-order valence-electron chi connectivity index (χ0n) is 14.3. The van der Waals surface area contributed by atoms with E-state index in [-0.39, 0.29) is 18.9 Å². The molecule has 0 aromatic carbocycles. The maximum absolute atomic E-state index is 12.0. The Kier molecular flexibility index (Phi) is 5.98. The summed E-state index contributed by atoms with van der Waals surface area (Å²) in [7, 11) is 0. The van der Waals surface area contributed by atoms with Crippen LogP contribution in [0.2, 0.25) is 0 Å². The van der Waals surface area contributed by atoms with Crippen LogP contribution in [0.5, 0.6) is 0 Å². The molecule has 0 saturated carbocycles. The minimum Gasteiger partial charge on any atom is -0.455 e. The largest absolute Gasteiger partial charge is 0.455 e. The lowest BCUT2D eigenvalue weighted by Crippen LogP contribution is -2.38. The van der Waals surface area contributed by atoms with Crippen molar-refractivity contribution in [3.05, 3.63) is 23.3 Å². The summed E-state index contributed by atoms with van der Waals surface area (Å²) in [6, 6.07) is 0. The highest BCUT2D eigenvalue weighted by molar-refractivity contribution is 5.86. The average Bonchev–Trinajstić information content (AvgIpc) is 3.03. The molecular formula is C15H20N6O4. The molecule has 2 amide bonds. The second-order valence-corrected chi connectivity index (χ2v) is 5.30. The molecule has 2 aromatic rings. The van der Waals surface area contributed by atoms with E-state index in [2.05, 4.69) is 25.7 Å². The number of amides is 2. The summed E-state index contributed by atoms with van der Waals surface area (Å²) >= 11 is 0. The Morgan fingerprint density at radius 2 is 1.96 bits per heavy atom. The third kappa shape index (κ3) is 4.72. The van der Waals surface area contributed by atoms with Gasteiger partial charge >= 0.3 is 5.97 Å². The maximum atomic E-state index is 12.0. The van der Waals surface area contributed by atoms with E-state index in [9.17, 15) is 14.4 Å². The van der Waals surface area contributed by atoms with Crippen molar-refractivity contribution in [2.45, 2.75) is 27.2 Å². The predicted octanol–water partition coefficient (Wildman–Crippen LogP) is -0.921. The lowest BCUT2D eigenvalue weighted by atomic mass is 10.1. The molecule has 0 unspecified atom stereocenters. The van der Waals surface area contributed by atoms with Gasteiger partial charge in [0, 0.05) is 23.5 Å². The summed E-state index contributed by atoms with van der Waals surface area (Å²) in [5.74, 6) is -0.962. The predicted molar refractivity (Wildman–Crippen MR) is 86.6 cm³/mol. The molecule has 2 heterocycles. The number of nitrogens with one attached hydrogen (secondary N) is 2. The van der Waals surface area contributed by atoms with Gasteiger partial charge in [-0.15, -0.1) is 0 Å². The number of hydrogen-bond donors (Lipinski definition) is 2. The number of esters is 1. The first-order valence-corrected chi connectivity index (χ1v) is 7.77. The summed E-state index contributed by atoms with van der Waals surface area (Å²) in [5.41, 5.74) is 2.05. The van der Waals surface area contributed by atoms with Crippen LogP contribution in [0.15, 0.2) is 6.33 Å². The van der Waals surface area contributed by atoms with Crippen LogP contribution in [-0.4, -0.2) is 57.1 Å². The van der Waals surface area contributed by atoms with Crippen molar-refractivity contribution in [1.82, 2.24) is 30.2 Å². The van der Waals surface area contributed by atoms with Crippen molar-refractivity contribution in [3.8, 4) is 0 Å². The SMILES string of the molecule is CCNC(=O)CNC(=O)COC(=O)Cc1c(C)nc2ncnn2c1C. The third-order valence-corrected chi connectivity index (χ3v) is 3.49. The Morgan fingerprint density at radius 1 is 1.20 bits per heavy atom. The Bertz CT molecular complexity index is 801. The summed E-state index contributed by atoms with van der Waals surface area (Å²) in [4.78, 5) is 43.1. The van der Waals surface area contributed by atoms with Gasteiger partial charge in [-0.1, -0.05) is 0 Å². The number of hydrogen-bond acceptors (Lipinski definition) is 7. The molecule has 0 spiro atoms. The van der Waals surface area contributed by atoms with Gasteiger partial charge in [0.1, 0.15) is 6.33 Å². The standard InChI is InChI=1S/C15H20N6O4/c1-4-16-12(22)6-17-13(23)7-25-14(24)5-11-9(2)20-15-18-8-19-21(15)10(11)3/h8H,4-7H2,1-3H3,(H,16,22)(H,17,23). The monoisotopic (exact) mass is 348 g/mol. The van der Waals surface area contributed by atoms with Crippen LogP contribution in [-0.2, 0) is 25.5 Å². The Hall–Kier alpha value is -3.04. The zero-order chi connectivity index (χ0) is 18.4. The molecule has 10 nitrogen and oxygen atoms in total. The minimum absolute atomic E-state index is 0.0376. The molecule has 134 valence electrons. The number of rotatable bonds is 7. The molecule has 0 aliphatic rings. The van der Waals surface area contributed by atoms with Crippen LogP contribution < -0.4 is 10.6 Å². The van der Waals surface area contributed by atoms with E-state index in [0.717, 1.165) is 5.69 Å². The van der Waals surface area contributed by atoms with E-state index in [4.69, 9.17) is 4.74 Å². The van der Waals surface area contributed by atoms with Gasteiger partial charge in [-0.05, 0) is 20.8 Å². The van der Waals surface area contributed by atoms with E-state index in [1.165, 1.54) is 10.8 Å². The highest BCUT2D eigenvalue weighted by Crippen LogP contribution is 2.13. The van der Waals surface area contributed by atoms with Gasteiger partial charge in [-0.3, -0.25) is 14.4 Å². The molecule has 25 heavy (non-hydrogen) atoms. The first kappa shape index (κ1) is 18.3. The summed E-state index contributed by atoms with van der Waals surface area (Å²) in [6.45, 7) is 5.22. The van der Waals surface area contributed by atoms with Crippen LogP contribution in [0.3, 0.4) is 0 Å². The first-order valence-electron chi connectivity index (χ1n) is 7.77. The first-order chi connectivity index (χ1) is 11.9. The van der Waals surface area contributed by atoms with Gasteiger partial charge in [0.15, 0.2) is 6.61 Å². The van der Waals surface area contributed by atoms with Crippen molar-refractivity contribution in [2.24, 2.45) is 0 Å². The number of likely N-dealkylation sites (N-methyl/N-ethyl adjacent to an activating group) is 1. The van der Waals surface area contributed by atoms with Crippen molar-refractivity contribution >= 4 is 23.6 Å². The fourth-order valence-corrected chi connectivity index (χ4v) is 2.24. The topological polar surface area (TPSA) is 128 Å². The molecular weight excluding hydrogens is 328 g/mol. The molecule has 0 bridgehead atoms. The van der Waals surface area contributed by atoms with Crippen molar-refractivity contribution in [3.63, 3.8) is 0 Å². The fourth-order valence-electron chi connectivity index (χ4n) is 2.24. The number of nitrogens with zero attached hydrogens (tertiary/aromatic N) is 4. The fraction of sp³-hybridized carbons (Fsp3) is 0.467. The number of carbonyl (C=O) groups excluding carboxylic acids is 3. The van der Waals surface area contributed by atoms with Gasteiger partial charge in [0.2, 0.25) is 5.91 Å².